The van der Waals surface area contributed by atoms with Gasteiger partial charge in [-0.05, 0) is 49.0 Å². The summed E-state index contributed by atoms with van der Waals surface area (Å²) >= 11 is 11.8. The highest BCUT2D eigenvalue weighted by molar-refractivity contribution is 7.80. The third-order valence-electron chi connectivity index (χ3n) is 4.81. The van der Waals surface area contributed by atoms with Gasteiger partial charge in [-0.3, -0.25) is 0 Å². The lowest BCUT2D eigenvalue weighted by molar-refractivity contribution is -0.908. The second-order valence-corrected chi connectivity index (χ2v) is 7.68. The Morgan fingerprint density at radius 1 is 1.30 bits per heavy atom. The lowest BCUT2D eigenvalue weighted by atomic mass is 10.2. The predicted octanol–water partition coefficient (Wildman–Crippen LogP) is 2.75. The molecule has 146 valence electrons. The molecule has 1 aliphatic heterocycles. The second-order valence-electron chi connectivity index (χ2n) is 6.86. The topological polar surface area (TPSA) is 42.1 Å². The standard InChI is InChI=1S/C20H26ClN3O2S/c1-16-5-6-17(21)14-19(16)22-20(27)24(15-18-4-2-11-26-18)8-3-7-23-9-12-25-13-10-23/h2,4-6,11,14H,3,7-10,12-13,15H2,1H3,(H,22,27)/p+1. The molecule has 1 aromatic heterocycles. The molecule has 2 aromatic rings. The fourth-order valence-corrected chi connectivity index (χ4v) is 3.63. The van der Waals surface area contributed by atoms with Gasteiger partial charge in [0.15, 0.2) is 5.11 Å². The van der Waals surface area contributed by atoms with Crippen LogP contribution in [0.15, 0.2) is 41.0 Å². The van der Waals surface area contributed by atoms with E-state index in [1.54, 1.807) is 11.2 Å². The minimum absolute atomic E-state index is 0.650. The summed E-state index contributed by atoms with van der Waals surface area (Å²) in [6.45, 7) is 8.58. The first-order chi connectivity index (χ1) is 13.1. The molecular weight excluding hydrogens is 382 g/mol. The number of thiocarbonyl (C=S) groups is 1. The summed E-state index contributed by atoms with van der Waals surface area (Å²) < 4.78 is 11.0. The SMILES string of the molecule is Cc1ccc(Cl)cc1NC(=S)N(CCC[NH+]1CCOCC1)Cc1ccco1. The van der Waals surface area contributed by atoms with Crippen molar-refractivity contribution in [2.45, 2.75) is 19.9 Å². The van der Waals surface area contributed by atoms with Gasteiger partial charge in [-0.25, -0.2) is 0 Å². The van der Waals surface area contributed by atoms with Crippen molar-refractivity contribution in [3.63, 3.8) is 0 Å². The highest BCUT2D eigenvalue weighted by Gasteiger charge is 2.17. The number of nitrogens with zero attached hydrogens (tertiary/aromatic N) is 1. The van der Waals surface area contributed by atoms with E-state index in [4.69, 9.17) is 33.0 Å². The van der Waals surface area contributed by atoms with Crippen molar-refractivity contribution in [2.24, 2.45) is 0 Å². The molecule has 2 heterocycles. The maximum atomic E-state index is 6.14. The smallest absolute Gasteiger partial charge is 0.173 e. The number of hydrogen-bond donors (Lipinski definition) is 2. The minimum atomic E-state index is 0.650. The molecule has 2 N–H and O–H groups in total. The van der Waals surface area contributed by atoms with Gasteiger partial charge in [0.2, 0.25) is 0 Å². The zero-order valence-electron chi connectivity index (χ0n) is 15.7. The first-order valence-electron chi connectivity index (χ1n) is 9.37. The maximum Gasteiger partial charge on any atom is 0.173 e. The van der Waals surface area contributed by atoms with Crippen molar-refractivity contribution < 1.29 is 14.1 Å². The molecule has 1 fully saturated rings. The summed E-state index contributed by atoms with van der Waals surface area (Å²) in [6.07, 6.45) is 2.76. The lowest BCUT2D eigenvalue weighted by Crippen LogP contribution is -3.14. The van der Waals surface area contributed by atoms with E-state index in [2.05, 4.69) is 10.2 Å². The van der Waals surface area contributed by atoms with E-state index in [1.165, 1.54) is 0 Å². The van der Waals surface area contributed by atoms with Gasteiger partial charge in [0.05, 0.1) is 32.6 Å². The fourth-order valence-electron chi connectivity index (χ4n) is 3.20. The van der Waals surface area contributed by atoms with E-state index in [9.17, 15) is 0 Å². The molecule has 0 aliphatic carbocycles. The number of hydrogen-bond acceptors (Lipinski definition) is 3. The molecule has 1 aromatic carbocycles. The predicted molar refractivity (Wildman–Crippen MR) is 113 cm³/mol. The average Bonchev–Trinajstić information content (AvgIpc) is 3.18. The Hall–Kier alpha value is -1.60. The molecule has 0 spiro atoms. The molecule has 0 radical (unpaired) electrons. The number of ether oxygens (including phenoxy) is 1. The Morgan fingerprint density at radius 3 is 2.85 bits per heavy atom. The Morgan fingerprint density at radius 2 is 2.11 bits per heavy atom. The van der Waals surface area contributed by atoms with Crippen LogP contribution in [0.1, 0.15) is 17.7 Å². The number of quaternary nitrogens is 1. The Labute approximate surface area is 171 Å². The maximum absolute atomic E-state index is 6.14. The molecule has 5 nitrogen and oxygen atoms in total. The van der Waals surface area contributed by atoms with Gasteiger partial charge in [0.1, 0.15) is 18.8 Å². The molecule has 3 rings (SSSR count). The quantitative estimate of drug-likeness (QED) is 0.689. The Bertz CT molecular complexity index is 733. The van der Waals surface area contributed by atoms with Gasteiger partial charge in [0, 0.05) is 23.7 Å². The van der Waals surface area contributed by atoms with Crippen molar-refractivity contribution in [3.8, 4) is 0 Å². The summed E-state index contributed by atoms with van der Waals surface area (Å²) in [7, 11) is 0. The van der Waals surface area contributed by atoms with E-state index in [1.807, 2.05) is 37.3 Å². The van der Waals surface area contributed by atoms with Crippen LogP contribution in [0, 0.1) is 6.92 Å². The van der Waals surface area contributed by atoms with Crippen LogP contribution in [0.4, 0.5) is 5.69 Å². The van der Waals surface area contributed by atoms with Crippen molar-refractivity contribution in [3.05, 3.63) is 52.9 Å². The normalized spacial score (nSPS) is 14.9. The molecule has 27 heavy (non-hydrogen) atoms. The van der Waals surface area contributed by atoms with Crippen LogP contribution in [0.5, 0.6) is 0 Å². The number of benzene rings is 1. The van der Waals surface area contributed by atoms with Gasteiger partial charge in [0.25, 0.3) is 0 Å². The number of morpholine rings is 1. The van der Waals surface area contributed by atoms with Crippen molar-refractivity contribution in [1.82, 2.24) is 4.90 Å². The summed E-state index contributed by atoms with van der Waals surface area (Å²) in [5, 5.41) is 4.74. The number of nitrogens with one attached hydrogen (secondary N) is 2. The van der Waals surface area contributed by atoms with Crippen LogP contribution in [0.2, 0.25) is 5.02 Å². The highest BCUT2D eigenvalue weighted by Crippen LogP contribution is 2.21. The molecule has 0 saturated carbocycles. The van der Waals surface area contributed by atoms with Gasteiger partial charge >= 0.3 is 0 Å². The molecule has 1 saturated heterocycles. The summed E-state index contributed by atoms with van der Waals surface area (Å²) in [4.78, 5) is 3.76. The van der Waals surface area contributed by atoms with Crippen molar-refractivity contribution in [2.75, 3.05) is 44.7 Å². The Balaban J connectivity index is 1.61. The van der Waals surface area contributed by atoms with Gasteiger partial charge in [-0.15, -0.1) is 0 Å². The van der Waals surface area contributed by atoms with E-state index < -0.39 is 0 Å². The summed E-state index contributed by atoms with van der Waals surface area (Å²) in [5.74, 6) is 0.903. The number of rotatable bonds is 7. The number of halogens is 1. The first-order valence-corrected chi connectivity index (χ1v) is 10.2. The average molecular weight is 409 g/mol. The summed E-state index contributed by atoms with van der Waals surface area (Å²) in [6, 6.07) is 9.67. The Kier molecular flexibility index (Phi) is 7.52. The van der Waals surface area contributed by atoms with Gasteiger partial charge < -0.3 is 24.3 Å². The van der Waals surface area contributed by atoms with Crippen molar-refractivity contribution >= 4 is 34.6 Å². The van der Waals surface area contributed by atoms with E-state index >= 15 is 0 Å². The molecule has 0 unspecified atom stereocenters. The molecule has 0 bridgehead atoms. The van der Waals surface area contributed by atoms with Crippen LogP contribution in [-0.2, 0) is 11.3 Å². The molecule has 0 amide bonds. The molecule has 0 atom stereocenters. The monoisotopic (exact) mass is 408 g/mol. The fraction of sp³-hybridized carbons (Fsp3) is 0.450. The minimum Gasteiger partial charge on any atom is -0.467 e. The number of aryl methyl sites for hydroxylation is 1. The van der Waals surface area contributed by atoms with Crippen LogP contribution >= 0.6 is 23.8 Å². The lowest BCUT2D eigenvalue weighted by Gasteiger charge is -2.28. The van der Waals surface area contributed by atoms with Crippen LogP contribution in [-0.4, -0.2) is 49.4 Å². The molecule has 7 heteroatoms. The van der Waals surface area contributed by atoms with E-state index in [0.717, 1.165) is 62.8 Å². The van der Waals surface area contributed by atoms with Crippen molar-refractivity contribution in [1.29, 1.82) is 0 Å². The zero-order chi connectivity index (χ0) is 19.1. The van der Waals surface area contributed by atoms with Gasteiger partial charge in [-0.2, -0.15) is 0 Å². The highest BCUT2D eigenvalue weighted by atomic mass is 35.5. The first kappa shape index (κ1) is 20.1. The van der Waals surface area contributed by atoms with E-state index in [0.29, 0.717) is 16.7 Å². The summed E-state index contributed by atoms with van der Waals surface area (Å²) in [5.41, 5.74) is 2.05. The van der Waals surface area contributed by atoms with E-state index in [-0.39, 0.29) is 0 Å². The third kappa shape index (κ3) is 6.21. The number of furan rings is 1. The zero-order valence-corrected chi connectivity index (χ0v) is 17.2. The number of anilines is 1. The molecular formula is C20H27ClN3O2S+. The molecule has 1 aliphatic rings. The third-order valence-corrected chi connectivity index (χ3v) is 5.41. The van der Waals surface area contributed by atoms with Gasteiger partial charge in [-0.1, -0.05) is 17.7 Å². The van der Waals surface area contributed by atoms with Crippen LogP contribution in [0.25, 0.3) is 0 Å². The largest absolute Gasteiger partial charge is 0.467 e. The van der Waals surface area contributed by atoms with Crippen LogP contribution < -0.4 is 10.2 Å². The van der Waals surface area contributed by atoms with Crippen LogP contribution in [0.3, 0.4) is 0 Å². The second kappa shape index (κ2) is 10.1.